The Balaban J connectivity index is 1.59. The van der Waals surface area contributed by atoms with Crippen LogP contribution in [0.3, 0.4) is 0 Å². The fraction of sp³-hybridized carbons (Fsp3) is 0.333. The van der Waals surface area contributed by atoms with Gasteiger partial charge in [0.1, 0.15) is 5.75 Å². The number of carbonyl (C=O) groups excluding carboxylic acids is 1. The first-order chi connectivity index (χ1) is 13.2. The van der Waals surface area contributed by atoms with E-state index in [-0.39, 0.29) is 5.91 Å². The number of thioether (sulfide) groups is 1. The summed E-state index contributed by atoms with van der Waals surface area (Å²) in [7, 11) is 1.66. The largest absolute Gasteiger partial charge is 0.497 e. The van der Waals surface area contributed by atoms with Crippen LogP contribution in [-0.4, -0.2) is 23.3 Å². The summed E-state index contributed by atoms with van der Waals surface area (Å²) in [6.45, 7) is 2.85. The molecule has 4 nitrogen and oxygen atoms in total. The number of thiazole rings is 1. The van der Waals surface area contributed by atoms with Gasteiger partial charge >= 0.3 is 0 Å². The van der Waals surface area contributed by atoms with Crippen molar-refractivity contribution in [3.63, 3.8) is 0 Å². The minimum atomic E-state index is -0.0453. The lowest BCUT2D eigenvalue weighted by atomic mass is 10.2. The number of hydrogen-bond acceptors (Lipinski definition) is 4. The van der Waals surface area contributed by atoms with Crippen LogP contribution in [0.5, 0.6) is 5.75 Å². The van der Waals surface area contributed by atoms with Gasteiger partial charge < -0.3 is 9.30 Å². The first kappa shape index (κ1) is 19.7. The molecule has 0 bridgehead atoms. The Labute approximate surface area is 167 Å². The molecule has 0 N–H and O–H groups in total. The zero-order valence-corrected chi connectivity index (χ0v) is 17.3. The third kappa shape index (κ3) is 5.23. The smallest absolute Gasteiger partial charge is 0.248 e. The van der Waals surface area contributed by atoms with Gasteiger partial charge in [-0.15, -0.1) is 0 Å². The van der Waals surface area contributed by atoms with Crippen molar-refractivity contribution in [3.05, 3.63) is 58.9 Å². The van der Waals surface area contributed by atoms with Gasteiger partial charge in [-0.05, 0) is 42.9 Å². The zero-order valence-electron chi connectivity index (χ0n) is 15.7. The molecular formula is C21H24N2O2S2. The highest BCUT2D eigenvalue weighted by Crippen LogP contribution is 2.23. The topological polar surface area (TPSA) is 43.6 Å². The second-order valence-corrected chi connectivity index (χ2v) is 8.22. The number of aryl methyl sites for hydroxylation is 1. The van der Waals surface area contributed by atoms with Gasteiger partial charge in [-0.25, -0.2) is 0 Å². The maximum absolute atomic E-state index is 12.3. The molecule has 0 fully saturated rings. The van der Waals surface area contributed by atoms with Crippen molar-refractivity contribution in [2.24, 2.45) is 4.99 Å². The van der Waals surface area contributed by atoms with E-state index < -0.39 is 0 Å². The van der Waals surface area contributed by atoms with Crippen LogP contribution >= 0.6 is 23.1 Å². The third-order valence-electron chi connectivity index (χ3n) is 4.22. The van der Waals surface area contributed by atoms with Crippen molar-refractivity contribution < 1.29 is 9.53 Å². The highest BCUT2D eigenvalue weighted by atomic mass is 32.2. The highest BCUT2D eigenvalue weighted by molar-refractivity contribution is 7.98. The molecular weight excluding hydrogens is 376 g/mol. The second kappa shape index (κ2) is 9.76. The molecule has 0 atom stereocenters. The van der Waals surface area contributed by atoms with E-state index in [0.29, 0.717) is 6.42 Å². The molecule has 1 heterocycles. The molecule has 2 aromatic carbocycles. The molecule has 1 aromatic heterocycles. The molecule has 0 saturated carbocycles. The van der Waals surface area contributed by atoms with Gasteiger partial charge in [0.15, 0.2) is 4.80 Å². The number of amides is 1. The van der Waals surface area contributed by atoms with Gasteiger partial charge in [-0.2, -0.15) is 16.8 Å². The van der Waals surface area contributed by atoms with Crippen molar-refractivity contribution in [2.75, 3.05) is 12.9 Å². The summed E-state index contributed by atoms with van der Waals surface area (Å²) in [4.78, 5) is 17.4. The summed E-state index contributed by atoms with van der Waals surface area (Å²) in [6.07, 6.45) is 1.34. The Bertz CT molecular complexity index is 961. The number of benzene rings is 2. The molecule has 3 rings (SSSR count). The lowest BCUT2D eigenvalue weighted by Gasteiger charge is -2.02. The number of fused-ring (bicyclic) bond motifs is 1. The molecule has 0 aliphatic carbocycles. The molecule has 1 amide bonds. The van der Waals surface area contributed by atoms with Crippen LogP contribution in [0.2, 0.25) is 0 Å². The average Bonchev–Trinajstić information content (AvgIpc) is 3.04. The zero-order chi connectivity index (χ0) is 19.1. The molecule has 0 aliphatic rings. The Morgan fingerprint density at radius 2 is 2.04 bits per heavy atom. The number of aromatic nitrogens is 1. The number of ether oxygens (including phenoxy) is 1. The van der Waals surface area contributed by atoms with Gasteiger partial charge in [0.2, 0.25) is 5.91 Å². The first-order valence-electron chi connectivity index (χ1n) is 9.08. The predicted molar refractivity (Wildman–Crippen MR) is 114 cm³/mol. The van der Waals surface area contributed by atoms with Gasteiger partial charge in [-0.1, -0.05) is 41.7 Å². The second-order valence-electron chi connectivity index (χ2n) is 6.11. The summed E-state index contributed by atoms with van der Waals surface area (Å²) in [5.41, 5.74) is 2.41. The van der Waals surface area contributed by atoms with Crippen molar-refractivity contribution >= 4 is 39.2 Å². The molecule has 0 radical (unpaired) electrons. The van der Waals surface area contributed by atoms with Crippen molar-refractivity contribution in [1.29, 1.82) is 0 Å². The Morgan fingerprint density at radius 1 is 1.22 bits per heavy atom. The Kier molecular flexibility index (Phi) is 7.12. The van der Waals surface area contributed by atoms with Crippen molar-refractivity contribution in [1.82, 2.24) is 4.57 Å². The van der Waals surface area contributed by atoms with Crippen molar-refractivity contribution in [3.8, 4) is 5.75 Å². The molecule has 3 aromatic rings. The number of rotatable bonds is 8. The lowest BCUT2D eigenvalue weighted by Crippen LogP contribution is -2.15. The predicted octanol–water partition coefficient (Wildman–Crippen LogP) is 4.87. The summed E-state index contributed by atoms with van der Waals surface area (Å²) >= 11 is 3.40. The van der Waals surface area contributed by atoms with E-state index in [2.05, 4.69) is 40.7 Å². The van der Waals surface area contributed by atoms with E-state index in [1.54, 1.807) is 7.11 Å². The fourth-order valence-corrected chi connectivity index (χ4v) is 4.88. The van der Waals surface area contributed by atoms with E-state index in [1.807, 2.05) is 36.0 Å². The Morgan fingerprint density at radius 3 is 2.78 bits per heavy atom. The molecule has 0 unspecified atom stereocenters. The molecule has 6 heteroatoms. The SMILES string of the molecule is CCn1c(=NC(=O)CCCSCc2ccccc2)sc2cc(OC)ccc21. The van der Waals surface area contributed by atoms with E-state index in [1.165, 1.54) is 16.9 Å². The quantitative estimate of drug-likeness (QED) is 0.507. The van der Waals surface area contributed by atoms with Gasteiger partial charge in [-0.3, -0.25) is 4.79 Å². The van der Waals surface area contributed by atoms with Crippen LogP contribution in [0, 0.1) is 0 Å². The maximum Gasteiger partial charge on any atom is 0.248 e. The van der Waals surface area contributed by atoms with Crippen LogP contribution in [-0.2, 0) is 17.1 Å². The van der Waals surface area contributed by atoms with E-state index >= 15 is 0 Å². The third-order valence-corrected chi connectivity index (χ3v) is 6.37. The molecule has 0 aliphatic heterocycles. The maximum atomic E-state index is 12.3. The molecule has 27 heavy (non-hydrogen) atoms. The minimum absolute atomic E-state index is 0.0453. The van der Waals surface area contributed by atoms with Crippen LogP contribution in [0.4, 0.5) is 0 Å². The summed E-state index contributed by atoms with van der Waals surface area (Å²) in [5, 5.41) is 0. The summed E-state index contributed by atoms with van der Waals surface area (Å²) < 4.78 is 8.46. The van der Waals surface area contributed by atoms with Crippen LogP contribution < -0.4 is 9.54 Å². The van der Waals surface area contributed by atoms with E-state index in [0.717, 1.165) is 45.2 Å². The minimum Gasteiger partial charge on any atom is -0.497 e. The number of methoxy groups -OCH3 is 1. The number of nitrogens with zero attached hydrogens (tertiary/aromatic N) is 2. The molecule has 0 saturated heterocycles. The first-order valence-corrected chi connectivity index (χ1v) is 11.0. The summed E-state index contributed by atoms with van der Waals surface area (Å²) in [6, 6.07) is 16.4. The lowest BCUT2D eigenvalue weighted by molar-refractivity contribution is -0.118. The normalized spacial score (nSPS) is 11.9. The average molecular weight is 401 g/mol. The standard InChI is InChI=1S/C21H24N2O2S2/c1-3-23-18-12-11-17(25-2)14-19(18)27-21(23)22-20(24)10-7-13-26-15-16-8-5-4-6-9-16/h4-6,8-9,11-12,14H,3,7,10,13,15H2,1-2H3. The van der Waals surface area contributed by atoms with Crippen LogP contribution in [0.25, 0.3) is 10.2 Å². The van der Waals surface area contributed by atoms with Gasteiger partial charge in [0.25, 0.3) is 0 Å². The van der Waals surface area contributed by atoms with Gasteiger partial charge in [0.05, 0.1) is 17.3 Å². The van der Waals surface area contributed by atoms with E-state index in [9.17, 15) is 4.79 Å². The van der Waals surface area contributed by atoms with Crippen LogP contribution in [0.1, 0.15) is 25.3 Å². The number of hydrogen-bond donors (Lipinski definition) is 0. The van der Waals surface area contributed by atoms with E-state index in [4.69, 9.17) is 4.74 Å². The van der Waals surface area contributed by atoms with Crippen LogP contribution in [0.15, 0.2) is 53.5 Å². The highest BCUT2D eigenvalue weighted by Gasteiger charge is 2.08. The molecule has 0 spiro atoms. The van der Waals surface area contributed by atoms with Gasteiger partial charge in [0, 0.05) is 18.7 Å². The monoisotopic (exact) mass is 400 g/mol. The fourth-order valence-electron chi connectivity index (χ4n) is 2.82. The summed E-state index contributed by atoms with van der Waals surface area (Å²) in [5.74, 6) is 2.73. The van der Waals surface area contributed by atoms with Crippen molar-refractivity contribution in [2.45, 2.75) is 32.1 Å². The molecule has 142 valence electrons. The Hall–Kier alpha value is -2.05. The number of carbonyl (C=O) groups is 1.